The lowest BCUT2D eigenvalue weighted by Crippen LogP contribution is -2.10. The highest BCUT2D eigenvalue weighted by molar-refractivity contribution is 5.69. The van der Waals surface area contributed by atoms with Gasteiger partial charge in [-0.3, -0.25) is 4.98 Å². The summed E-state index contributed by atoms with van der Waals surface area (Å²) in [4.78, 5) is 8.54. The molecule has 0 aliphatic heterocycles. The van der Waals surface area contributed by atoms with E-state index in [1.807, 2.05) is 18.2 Å². The van der Waals surface area contributed by atoms with Crippen LogP contribution in [0, 0.1) is 0 Å². The predicted octanol–water partition coefficient (Wildman–Crippen LogP) is 2.79. The third-order valence-corrected chi connectivity index (χ3v) is 4.01. The molecule has 2 N–H and O–H groups in total. The summed E-state index contributed by atoms with van der Waals surface area (Å²) in [5.41, 5.74) is 8.32. The second-order valence-electron chi connectivity index (χ2n) is 5.33. The lowest BCUT2D eigenvalue weighted by molar-refractivity contribution is 0.418. The van der Waals surface area contributed by atoms with E-state index in [0.29, 0.717) is 11.6 Å². The van der Waals surface area contributed by atoms with Gasteiger partial charge in [0.2, 0.25) is 0 Å². The van der Waals surface area contributed by atoms with Gasteiger partial charge in [0.15, 0.2) is 5.82 Å². The maximum absolute atomic E-state index is 5.91. The van der Waals surface area contributed by atoms with E-state index < -0.39 is 0 Å². The largest absolute Gasteiger partial charge is 0.397 e. The van der Waals surface area contributed by atoms with Crippen LogP contribution < -0.4 is 5.73 Å². The molecule has 0 unspecified atom stereocenters. The van der Waals surface area contributed by atoms with Crippen molar-refractivity contribution in [3.63, 3.8) is 0 Å². The van der Waals surface area contributed by atoms with Crippen LogP contribution in [0.25, 0.3) is 11.5 Å². The maximum atomic E-state index is 5.91. The van der Waals surface area contributed by atoms with Gasteiger partial charge in [-0.05, 0) is 24.5 Å². The summed E-state index contributed by atoms with van der Waals surface area (Å²) in [7, 11) is 0. The molecule has 5 heteroatoms. The minimum atomic E-state index is -0.0925. The van der Waals surface area contributed by atoms with Gasteiger partial charge in [0.05, 0.1) is 22.9 Å². The van der Waals surface area contributed by atoms with Crippen molar-refractivity contribution in [3.05, 3.63) is 60.2 Å². The van der Waals surface area contributed by atoms with E-state index in [4.69, 9.17) is 10.3 Å². The zero-order chi connectivity index (χ0) is 14.3. The molecule has 1 saturated carbocycles. The Labute approximate surface area is 121 Å². The molecule has 3 aromatic rings. The highest BCUT2D eigenvalue weighted by Gasteiger charge is 2.49. The molecule has 0 radical (unpaired) electrons. The topological polar surface area (TPSA) is 77.8 Å². The Morgan fingerprint density at radius 3 is 2.62 bits per heavy atom. The van der Waals surface area contributed by atoms with Crippen LogP contribution >= 0.6 is 0 Å². The second-order valence-corrected chi connectivity index (χ2v) is 5.33. The molecule has 0 saturated heterocycles. The zero-order valence-corrected chi connectivity index (χ0v) is 11.4. The first kappa shape index (κ1) is 12.1. The monoisotopic (exact) mass is 278 g/mol. The van der Waals surface area contributed by atoms with Crippen LogP contribution in [0.4, 0.5) is 5.69 Å². The number of hydrogen-bond donors (Lipinski definition) is 1. The molecule has 4 rings (SSSR count). The van der Waals surface area contributed by atoms with Crippen molar-refractivity contribution in [2.24, 2.45) is 0 Å². The number of nitrogens with two attached hydrogens (primary N) is 1. The van der Waals surface area contributed by atoms with Gasteiger partial charge >= 0.3 is 0 Å². The van der Waals surface area contributed by atoms with Crippen LogP contribution in [-0.2, 0) is 5.41 Å². The van der Waals surface area contributed by atoms with Crippen LogP contribution in [0.1, 0.15) is 24.2 Å². The lowest BCUT2D eigenvalue weighted by Gasteiger charge is -2.10. The predicted molar refractivity (Wildman–Crippen MR) is 78.4 cm³/mol. The molecule has 0 spiro atoms. The summed E-state index contributed by atoms with van der Waals surface area (Å²) in [5, 5.41) is 4.18. The standard InChI is InChI=1S/C16H14N4O/c17-13-10-18-9-6-12(13)14-19-15(20-21-14)16(7-8-16)11-4-2-1-3-5-11/h1-6,9-10H,7-8,17H2. The van der Waals surface area contributed by atoms with Crippen molar-refractivity contribution in [1.82, 2.24) is 15.1 Å². The Bertz CT molecular complexity index is 778. The van der Waals surface area contributed by atoms with E-state index in [-0.39, 0.29) is 5.41 Å². The molecule has 0 bridgehead atoms. The molecule has 0 amide bonds. The van der Waals surface area contributed by atoms with Crippen molar-refractivity contribution >= 4 is 5.69 Å². The number of nitrogens with zero attached hydrogens (tertiary/aromatic N) is 3. The van der Waals surface area contributed by atoms with Gasteiger partial charge in [-0.2, -0.15) is 4.98 Å². The van der Waals surface area contributed by atoms with Gasteiger partial charge in [0.25, 0.3) is 5.89 Å². The number of aromatic nitrogens is 3. The zero-order valence-electron chi connectivity index (χ0n) is 11.4. The van der Waals surface area contributed by atoms with Gasteiger partial charge in [-0.1, -0.05) is 35.5 Å². The van der Waals surface area contributed by atoms with Crippen molar-refractivity contribution < 1.29 is 4.52 Å². The van der Waals surface area contributed by atoms with Crippen LogP contribution in [0.15, 0.2) is 53.3 Å². The summed E-state index contributed by atoms with van der Waals surface area (Å²) in [6.45, 7) is 0. The molecule has 104 valence electrons. The van der Waals surface area contributed by atoms with E-state index in [1.54, 1.807) is 18.5 Å². The highest BCUT2D eigenvalue weighted by atomic mass is 16.5. The van der Waals surface area contributed by atoms with Gasteiger partial charge in [-0.15, -0.1) is 0 Å². The third-order valence-electron chi connectivity index (χ3n) is 4.01. The molecule has 2 aromatic heterocycles. The number of anilines is 1. The lowest BCUT2D eigenvalue weighted by atomic mass is 9.95. The third kappa shape index (κ3) is 1.89. The molecule has 1 aliphatic carbocycles. The van der Waals surface area contributed by atoms with Crippen LogP contribution in [-0.4, -0.2) is 15.1 Å². The quantitative estimate of drug-likeness (QED) is 0.797. The first-order valence-electron chi connectivity index (χ1n) is 6.89. The van der Waals surface area contributed by atoms with Gasteiger partial charge < -0.3 is 10.3 Å². The molecular formula is C16H14N4O. The molecule has 1 aromatic carbocycles. The maximum Gasteiger partial charge on any atom is 0.260 e. The Kier molecular flexibility index (Phi) is 2.54. The number of rotatable bonds is 3. The van der Waals surface area contributed by atoms with Gasteiger partial charge in [0, 0.05) is 6.20 Å². The summed E-state index contributed by atoms with van der Waals surface area (Å²) in [6, 6.07) is 12.1. The van der Waals surface area contributed by atoms with Crippen LogP contribution in [0.2, 0.25) is 0 Å². The van der Waals surface area contributed by atoms with Gasteiger partial charge in [-0.25, -0.2) is 0 Å². The first-order chi connectivity index (χ1) is 10.3. The fraction of sp³-hybridized carbons (Fsp3) is 0.188. The van der Waals surface area contributed by atoms with E-state index >= 15 is 0 Å². The normalized spacial score (nSPS) is 15.8. The minimum absolute atomic E-state index is 0.0925. The number of benzene rings is 1. The number of hydrogen-bond acceptors (Lipinski definition) is 5. The van der Waals surface area contributed by atoms with Gasteiger partial charge in [0.1, 0.15) is 0 Å². The van der Waals surface area contributed by atoms with E-state index in [1.165, 1.54) is 5.56 Å². The Morgan fingerprint density at radius 1 is 1.10 bits per heavy atom. The summed E-state index contributed by atoms with van der Waals surface area (Å²) in [6.07, 6.45) is 5.34. The molecule has 21 heavy (non-hydrogen) atoms. The summed E-state index contributed by atoms with van der Waals surface area (Å²) >= 11 is 0. The Balaban J connectivity index is 1.74. The number of nitrogen functional groups attached to an aromatic ring is 1. The minimum Gasteiger partial charge on any atom is -0.397 e. The summed E-state index contributed by atoms with van der Waals surface area (Å²) < 4.78 is 5.41. The van der Waals surface area contributed by atoms with Crippen molar-refractivity contribution in [2.45, 2.75) is 18.3 Å². The Morgan fingerprint density at radius 2 is 1.90 bits per heavy atom. The fourth-order valence-corrected chi connectivity index (χ4v) is 2.65. The second kappa shape index (κ2) is 4.41. The van der Waals surface area contributed by atoms with Crippen LogP contribution in [0.5, 0.6) is 0 Å². The fourth-order valence-electron chi connectivity index (χ4n) is 2.65. The molecule has 5 nitrogen and oxygen atoms in total. The SMILES string of the molecule is Nc1cnccc1-c1nc(C2(c3ccccc3)CC2)no1. The Hall–Kier alpha value is -2.69. The molecule has 0 atom stereocenters. The first-order valence-corrected chi connectivity index (χ1v) is 6.89. The molecular weight excluding hydrogens is 264 g/mol. The van der Waals surface area contributed by atoms with Crippen molar-refractivity contribution in [2.75, 3.05) is 5.73 Å². The number of pyridine rings is 1. The molecule has 2 heterocycles. The van der Waals surface area contributed by atoms with E-state index in [2.05, 4.69) is 27.3 Å². The average molecular weight is 278 g/mol. The average Bonchev–Trinajstić information content (AvgIpc) is 3.20. The summed E-state index contributed by atoms with van der Waals surface area (Å²) in [5.74, 6) is 1.19. The molecule has 1 fully saturated rings. The van der Waals surface area contributed by atoms with Crippen LogP contribution in [0.3, 0.4) is 0 Å². The highest BCUT2D eigenvalue weighted by Crippen LogP contribution is 2.52. The molecule has 1 aliphatic rings. The van der Waals surface area contributed by atoms with E-state index in [9.17, 15) is 0 Å². The van der Waals surface area contributed by atoms with Crippen molar-refractivity contribution in [3.8, 4) is 11.5 Å². The van der Waals surface area contributed by atoms with Crippen molar-refractivity contribution in [1.29, 1.82) is 0 Å². The smallest absolute Gasteiger partial charge is 0.260 e. The van der Waals surface area contributed by atoms with E-state index in [0.717, 1.165) is 24.2 Å².